The molecule has 3 atom stereocenters. The van der Waals surface area contributed by atoms with Gasteiger partial charge in [-0.15, -0.1) is 0 Å². The molecule has 1 saturated heterocycles. The van der Waals surface area contributed by atoms with Gasteiger partial charge in [0.1, 0.15) is 17.6 Å². The Bertz CT molecular complexity index is 1490. The Labute approximate surface area is 246 Å². The molecule has 2 N–H and O–H groups in total. The fourth-order valence-electron chi connectivity index (χ4n) is 5.19. The van der Waals surface area contributed by atoms with Gasteiger partial charge in [-0.05, 0) is 55.3 Å². The smallest absolute Gasteiger partial charge is 0.251 e. The summed E-state index contributed by atoms with van der Waals surface area (Å²) in [6.45, 7) is 2.43. The lowest BCUT2D eigenvalue weighted by Gasteiger charge is -2.35. The second-order valence-corrected chi connectivity index (χ2v) is 15.2. The van der Waals surface area contributed by atoms with Crippen LogP contribution in [0.1, 0.15) is 35.2 Å². The molecule has 4 rings (SSSR count). The van der Waals surface area contributed by atoms with Crippen molar-refractivity contribution in [3.63, 3.8) is 0 Å². The molecule has 11 nitrogen and oxygen atoms in total. The molecule has 230 valence electrons. The highest BCUT2D eigenvalue weighted by Crippen LogP contribution is 2.51. The number of piperazine rings is 1. The summed E-state index contributed by atoms with van der Waals surface area (Å²) in [4.78, 5) is 27.7. The Kier molecular flexibility index (Phi) is 9.60. The number of methoxy groups -OCH3 is 1. The molecule has 0 bridgehead atoms. The number of rotatable bonds is 12. The molecule has 0 spiro atoms. The summed E-state index contributed by atoms with van der Waals surface area (Å²) in [6, 6.07) is 11.0. The second-order valence-electron chi connectivity index (χ2n) is 11.0. The quantitative estimate of drug-likeness (QED) is 0.356. The first kappa shape index (κ1) is 31.9. The van der Waals surface area contributed by atoms with E-state index >= 15 is 0 Å². The van der Waals surface area contributed by atoms with Crippen molar-refractivity contribution < 1.29 is 35.6 Å². The lowest BCUT2D eigenvalue weighted by atomic mass is 10.1. The van der Waals surface area contributed by atoms with Crippen LogP contribution in [-0.4, -0.2) is 107 Å². The molecular weight excluding hydrogens is 587 g/mol. The maximum atomic E-state index is 13.4. The number of halogens is 1. The Morgan fingerprint density at radius 2 is 1.64 bits per heavy atom. The van der Waals surface area contributed by atoms with Crippen LogP contribution in [0.2, 0.25) is 0 Å². The minimum Gasteiger partial charge on any atom is -0.497 e. The minimum atomic E-state index is -3.83. The number of hydrogen-bond acceptors (Lipinski definition) is 8. The number of amides is 2. The number of carbonyl (C=O) groups excluding carboxylic acids is 2. The lowest BCUT2D eigenvalue weighted by molar-refractivity contribution is -0.133. The fraction of sp³-hybridized carbons (Fsp3) is 0.500. The van der Waals surface area contributed by atoms with E-state index in [2.05, 4.69) is 10.6 Å². The van der Waals surface area contributed by atoms with Crippen LogP contribution in [0, 0.1) is 5.82 Å². The van der Waals surface area contributed by atoms with Crippen LogP contribution < -0.4 is 15.4 Å². The summed E-state index contributed by atoms with van der Waals surface area (Å²) >= 11 is 0. The van der Waals surface area contributed by atoms with Gasteiger partial charge in [0.2, 0.25) is 15.9 Å². The Morgan fingerprint density at radius 1 is 1.02 bits per heavy atom. The average molecular weight is 625 g/mol. The van der Waals surface area contributed by atoms with Gasteiger partial charge in [0.05, 0.1) is 24.9 Å². The van der Waals surface area contributed by atoms with E-state index in [0.717, 1.165) is 36.1 Å². The topological polar surface area (TPSA) is 142 Å². The van der Waals surface area contributed by atoms with E-state index in [9.17, 15) is 30.8 Å². The summed E-state index contributed by atoms with van der Waals surface area (Å²) in [6.07, 6.45) is 1.92. The van der Waals surface area contributed by atoms with Crippen molar-refractivity contribution in [2.75, 3.05) is 57.6 Å². The number of sulfone groups is 1. The van der Waals surface area contributed by atoms with Crippen LogP contribution in [-0.2, 0) is 24.7 Å². The summed E-state index contributed by atoms with van der Waals surface area (Å²) in [7, 11) is -5.66. The first-order chi connectivity index (χ1) is 19.7. The van der Waals surface area contributed by atoms with Crippen LogP contribution >= 0.6 is 0 Å². The van der Waals surface area contributed by atoms with E-state index in [-0.39, 0.29) is 55.5 Å². The molecule has 2 aromatic carbocycles. The molecule has 1 unspecified atom stereocenters. The van der Waals surface area contributed by atoms with Crippen molar-refractivity contribution in [3.8, 4) is 5.75 Å². The highest BCUT2D eigenvalue weighted by molar-refractivity contribution is 7.91. The van der Waals surface area contributed by atoms with Gasteiger partial charge in [0, 0.05) is 49.7 Å². The van der Waals surface area contributed by atoms with E-state index in [1.807, 2.05) is 31.2 Å². The molecule has 2 fully saturated rings. The first-order valence-electron chi connectivity index (χ1n) is 13.6. The van der Waals surface area contributed by atoms with Gasteiger partial charge in [-0.3, -0.25) is 9.59 Å². The standard InChI is InChI=1S/C28H37FN4O7S2/c1-28(18-24(28)20-6-10-23(40-2)11-7-20)30-12-17-42(38,39)19-25(31-26(34)21-4-8-22(29)9-5-21)27(35)32-13-15-33(16-14-32)41(3,36)37/h4-11,24-25,30H,12-19H2,1-3H3,(H,31,34)/t24-,25-,28?/m0/s1. The molecule has 1 aliphatic carbocycles. The van der Waals surface area contributed by atoms with Gasteiger partial charge in [0.25, 0.3) is 5.91 Å². The zero-order valence-electron chi connectivity index (χ0n) is 23.9. The average Bonchev–Trinajstić information content (AvgIpc) is 3.62. The SMILES string of the molecule is COc1ccc([C@@H]2CC2(C)NCCS(=O)(=O)C[C@H](NC(=O)c2ccc(F)cc2)C(=O)N2CCN(S(C)(=O)=O)CC2)cc1. The fourth-order valence-corrected chi connectivity index (χ4v) is 7.33. The van der Waals surface area contributed by atoms with Crippen molar-refractivity contribution >= 4 is 31.7 Å². The summed E-state index contributed by atoms with van der Waals surface area (Å²) < 4.78 is 69.9. The van der Waals surface area contributed by atoms with Crippen LogP contribution in [0.5, 0.6) is 5.75 Å². The van der Waals surface area contributed by atoms with Gasteiger partial charge in [-0.25, -0.2) is 21.2 Å². The van der Waals surface area contributed by atoms with E-state index in [4.69, 9.17) is 4.74 Å². The van der Waals surface area contributed by atoms with Crippen molar-refractivity contribution in [2.24, 2.45) is 0 Å². The number of nitrogens with one attached hydrogen (secondary N) is 2. The number of hydrogen-bond donors (Lipinski definition) is 2. The molecule has 2 amide bonds. The predicted molar refractivity (Wildman–Crippen MR) is 156 cm³/mol. The van der Waals surface area contributed by atoms with E-state index < -0.39 is 49.3 Å². The molecule has 0 aromatic heterocycles. The normalized spacial score (nSPS) is 21.9. The molecule has 42 heavy (non-hydrogen) atoms. The van der Waals surface area contributed by atoms with Crippen LogP contribution in [0.15, 0.2) is 48.5 Å². The zero-order valence-corrected chi connectivity index (χ0v) is 25.5. The number of carbonyl (C=O) groups is 2. The summed E-state index contributed by atoms with van der Waals surface area (Å²) in [5.41, 5.74) is 0.926. The number of sulfonamides is 1. The molecule has 0 radical (unpaired) electrons. The van der Waals surface area contributed by atoms with Crippen LogP contribution in [0.3, 0.4) is 0 Å². The Hall–Kier alpha value is -3.07. The monoisotopic (exact) mass is 624 g/mol. The van der Waals surface area contributed by atoms with E-state index in [0.29, 0.717) is 0 Å². The molecule has 2 aromatic rings. The number of nitrogens with zero attached hydrogens (tertiary/aromatic N) is 2. The predicted octanol–water partition coefficient (Wildman–Crippen LogP) is 0.987. The molecule has 1 heterocycles. The van der Waals surface area contributed by atoms with Gasteiger partial charge < -0.3 is 20.3 Å². The highest BCUT2D eigenvalue weighted by atomic mass is 32.2. The van der Waals surface area contributed by atoms with Crippen molar-refractivity contribution in [1.29, 1.82) is 0 Å². The minimum absolute atomic E-state index is 0.0571. The first-order valence-corrected chi connectivity index (χ1v) is 17.3. The van der Waals surface area contributed by atoms with Gasteiger partial charge in [-0.1, -0.05) is 12.1 Å². The van der Waals surface area contributed by atoms with Gasteiger partial charge >= 0.3 is 0 Å². The van der Waals surface area contributed by atoms with Crippen molar-refractivity contribution in [2.45, 2.75) is 30.8 Å². The third-order valence-electron chi connectivity index (χ3n) is 7.85. The molecule has 14 heteroatoms. The number of benzene rings is 2. The maximum absolute atomic E-state index is 13.4. The van der Waals surface area contributed by atoms with Crippen molar-refractivity contribution in [1.82, 2.24) is 19.8 Å². The third kappa shape index (κ3) is 8.06. The van der Waals surface area contributed by atoms with Crippen molar-refractivity contribution in [3.05, 3.63) is 65.5 Å². The largest absolute Gasteiger partial charge is 0.497 e. The molecule has 1 saturated carbocycles. The Balaban J connectivity index is 1.39. The van der Waals surface area contributed by atoms with Gasteiger partial charge in [-0.2, -0.15) is 4.31 Å². The summed E-state index contributed by atoms with van der Waals surface area (Å²) in [5, 5.41) is 5.84. The second kappa shape index (κ2) is 12.7. The number of ether oxygens (including phenoxy) is 1. The third-order valence-corrected chi connectivity index (χ3v) is 10.8. The zero-order chi connectivity index (χ0) is 30.7. The lowest BCUT2D eigenvalue weighted by Crippen LogP contribution is -2.57. The molecule has 1 aliphatic heterocycles. The molecule has 2 aliphatic rings. The van der Waals surface area contributed by atoms with Crippen LogP contribution in [0.25, 0.3) is 0 Å². The van der Waals surface area contributed by atoms with Gasteiger partial charge in [0.15, 0.2) is 9.84 Å². The maximum Gasteiger partial charge on any atom is 0.251 e. The van der Waals surface area contributed by atoms with E-state index in [1.54, 1.807) is 7.11 Å². The molecular formula is C28H37FN4O7S2. The highest BCUT2D eigenvalue weighted by Gasteiger charge is 2.50. The Morgan fingerprint density at radius 3 is 2.21 bits per heavy atom. The van der Waals surface area contributed by atoms with E-state index in [1.165, 1.54) is 21.3 Å². The summed E-state index contributed by atoms with van der Waals surface area (Å²) in [5.74, 6) is -1.79. The van der Waals surface area contributed by atoms with Crippen LogP contribution in [0.4, 0.5) is 4.39 Å².